The molecule has 0 bridgehead atoms. The predicted molar refractivity (Wildman–Crippen MR) is 166 cm³/mol. The summed E-state index contributed by atoms with van der Waals surface area (Å²) >= 11 is 0. The number of fused-ring (bicyclic) bond motifs is 1. The molecule has 3 aromatic carbocycles. The second-order valence-electron chi connectivity index (χ2n) is 13.3. The van der Waals surface area contributed by atoms with Gasteiger partial charge in [0.15, 0.2) is 6.20 Å². The molecule has 0 aliphatic heterocycles. The Bertz CT molecular complexity index is 1460. The number of rotatable bonds is 5. The minimum absolute atomic E-state index is 0.103. The first-order chi connectivity index (χ1) is 17.7. The highest BCUT2D eigenvalue weighted by Gasteiger charge is 2.24. The third-order valence-electron chi connectivity index (χ3n) is 8.35. The van der Waals surface area contributed by atoms with Crippen LogP contribution in [-0.4, -0.2) is 0 Å². The molecule has 38 heavy (non-hydrogen) atoms. The fraction of sp³-hybridized carbons (Fsp3) is 0.432. The quantitative estimate of drug-likeness (QED) is 0.237. The van der Waals surface area contributed by atoms with Crippen LogP contribution in [0.2, 0.25) is 0 Å². The van der Waals surface area contributed by atoms with Crippen LogP contribution in [0, 0.1) is 13.8 Å². The van der Waals surface area contributed by atoms with Crippen molar-refractivity contribution in [2.75, 3.05) is 0 Å². The Morgan fingerprint density at radius 3 is 1.84 bits per heavy atom. The van der Waals surface area contributed by atoms with Crippen LogP contribution in [0.15, 0.2) is 54.7 Å². The first kappa shape index (κ1) is 28.1. The molecule has 0 fully saturated rings. The Kier molecular flexibility index (Phi) is 7.63. The lowest BCUT2D eigenvalue weighted by molar-refractivity contribution is -0.659. The molecule has 1 heterocycles. The maximum atomic E-state index is 2.46. The van der Waals surface area contributed by atoms with Gasteiger partial charge in [0.05, 0.1) is 10.9 Å². The number of nitrogens with zero attached hydrogens (tertiary/aromatic N) is 1. The highest BCUT2D eigenvalue weighted by molar-refractivity contribution is 5.96. The molecule has 0 N–H and O–H groups in total. The molecular weight excluding hydrogens is 458 g/mol. The van der Waals surface area contributed by atoms with Crippen molar-refractivity contribution in [1.29, 1.82) is 0 Å². The van der Waals surface area contributed by atoms with Gasteiger partial charge in [-0.1, -0.05) is 86.6 Å². The Morgan fingerprint density at radius 1 is 0.711 bits per heavy atom. The maximum Gasteiger partial charge on any atom is 0.220 e. The smallest absolute Gasteiger partial charge is 0.200 e. The monoisotopic (exact) mass is 506 g/mol. The zero-order valence-corrected chi connectivity index (χ0v) is 25.9. The van der Waals surface area contributed by atoms with Gasteiger partial charge >= 0.3 is 0 Å². The van der Waals surface area contributed by atoms with E-state index in [9.17, 15) is 0 Å². The Balaban J connectivity index is 2.01. The van der Waals surface area contributed by atoms with Crippen LogP contribution in [0.25, 0.3) is 33.2 Å². The first-order valence-electron chi connectivity index (χ1n) is 14.4. The summed E-state index contributed by atoms with van der Waals surface area (Å²) in [6.45, 7) is 25.4. The topological polar surface area (TPSA) is 3.88 Å². The van der Waals surface area contributed by atoms with E-state index in [0.717, 1.165) is 0 Å². The van der Waals surface area contributed by atoms with E-state index >= 15 is 0 Å². The lowest BCUT2D eigenvalue weighted by Gasteiger charge is -2.24. The van der Waals surface area contributed by atoms with E-state index in [1.54, 1.807) is 0 Å². The molecule has 0 unspecified atom stereocenters. The second kappa shape index (κ2) is 10.3. The minimum atomic E-state index is 0.103. The fourth-order valence-corrected chi connectivity index (χ4v) is 5.69. The Labute approximate surface area is 231 Å². The second-order valence-corrected chi connectivity index (χ2v) is 13.3. The summed E-state index contributed by atoms with van der Waals surface area (Å²) in [5, 5.41) is 2.61. The largest absolute Gasteiger partial charge is 0.220 e. The van der Waals surface area contributed by atoms with Gasteiger partial charge in [-0.2, -0.15) is 0 Å². The average Bonchev–Trinajstić information content (AvgIpc) is 2.84. The van der Waals surface area contributed by atoms with Crippen molar-refractivity contribution in [2.45, 2.75) is 99.3 Å². The molecule has 1 aromatic heterocycles. The number of aromatic nitrogens is 1. The van der Waals surface area contributed by atoms with Crippen LogP contribution in [0.1, 0.15) is 113 Å². The molecule has 0 radical (unpaired) electrons. The van der Waals surface area contributed by atoms with Crippen LogP contribution >= 0.6 is 0 Å². The molecule has 200 valence electrons. The van der Waals surface area contributed by atoms with Crippen LogP contribution in [0.3, 0.4) is 0 Å². The minimum Gasteiger partial charge on any atom is -0.200 e. The highest BCUT2D eigenvalue weighted by atomic mass is 14.9. The molecule has 4 aromatic rings. The van der Waals surface area contributed by atoms with Gasteiger partial charge in [0.2, 0.25) is 5.69 Å². The van der Waals surface area contributed by atoms with Gasteiger partial charge in [0, 0.05) is 6.07 Å². The molecule has 0 aliphatic carbocycles. The van der Waals surface area contributed by atoms with E-state index in [1.807, 2.05) is 0 Å². The fourth-order valence-electron chi connectivity index (χ4n) is 5.69. The van der Waals surface area contributed by atoms with Gasteiger partial charge in [0.25, 0.3) is 0 Å². The Morgan fingerprint density at radius 2 is 1.32 bits per heavy atom. The van der Waals surface area contributed by atoms with Gasteiger partial charge in [-0.25, -0.2) is 4.57 Å². The first-order valence-corrected chi connectivity index (χ1v) is 14.4. The molecule has 0 saturated carbocycles. The van der Waals surface area contributed by atoms with Crippen LogP contribution in [0.5, 0.6) is 0 Å². The van der Waals surface area contributed by atoms with Gasteiger partial charge in [-0.05, 0) is 105 Å². The van der Waals surface area contributed by atoms with Crippen LogP contribution in [-0.2, 0) is 12.5 Å². The number of hydrogen-bond donors (Lipinski definition) is 0. The van der Waals surface area contributed by atoms with Crippen molar-refractivity contribution >= 4 is 10.8 Å². The summed E-state index contributed by atoms with van der Waals surface area (Å²) in [6.07, 6.45) is 2.23. The molecule has 0 atom stereocenters. The molecule has 1 nitrogen and oxygen atoms in total. The van der Waals surface area contributed by atoms with E-state index in [1.165, 1.54) is 66.5 Å². The predicted octanol–water partition coefficient (Wildman–Crippen LogP) is 10.3. The van der Waals surface area contributed by atoms with Gasteiger partial charge in [0.1, 0.15) is 7.05 Å². The summed E-state index contributed by atoms with van der Waals surface area (Å²) in [7, 11) is 2.18. The van der Waals surface area contributed by atoms with E-state index in [4.69, 9.17) is 0 Å². The van der Waals surface area contributed by atoms with Gasteiger partial charge in [-0.15, -0.1) is 0 Å². The zero-order chi connectivity index (χ0) is 28.1. The highest BCUT2D eigenvalue weighted by Crippen LogP contribution is 2.41. The maximum absolute atomic E-state index is 2.46. The summed E-state index contributed by atoms with van der Waals surface area (Å²) in [5.41, 5.74) is 14.0. The summed E-state index contributed by atoms with van der Waals surface area (Å²) in [4.78, 5) is 0. The number of hydrogen-bond acceptors (Lipinski definition) is 0. The van der Waals surface area contributed by atoms with Crippen molar-refractivity contribution in [3.05, 3.63) is 88.1 Å². The van der Waals surface area contributed by atoms with E-state index < -0.39 is 0 Å². The number of aryl methyl sites for hydroxylation is 2. The van der Waals surface area contributed by atoms with Crippen molar-refractivity contribution in [3.8, 4) is 22.4 Å². The van der Waals surface area contributed by atoms with Crippen LogP contribution < -0.4 is 4.57 Å². The molecule has 0 spiro atoms. The molecule has 0 aliphatic rings. The van der Waals surface area contributed by atoms with Crippen molar-refractivity contribution in [1.82, 2.24) is 0 Å². The van der Waals surface area contributed by atoms with E-state index in [0.29, 0.717) is 17.8 Å². The summed E-state index contributed by atoms with van der Waals surface area (Å²) < 4.78 is 2.30. The van der Waals surface area contributed by atoms with Gasteiger partial charge in [-0.3, -0.25) is 0 Å². The molecule has 1 heteroatoms. The lowest BCUT2D eigenvalue weighted by Crippen LogP contribution is -2.31. The third kappa shape index (κ3) is 5.18. The van der Waals surface area contributed by atoms with Crippen molar-refractivity contribution in [2.24, 2.45) is 7.05 Å². The third-order valence-corrected chi connectivity index (χ3v) is 8.35. The van der Waals surface area contributed by atoms with E-state index in [2.05, 4.69) is 143 Å². The molecule has 4 rings (SSSR count). The summed E-state index contributed by atoms with van der Waals surface area (Å²) in [5.74, 6) is 1.45. The number of benzene rings is 3. The standard InChI is InChI=1S/C37H48N/c1-22(2)29-19-32(23(3)4)35(33(20-29)24(5)6)28-13-14-31-27(18-28)15-16-38(12)36(31)34-21-30(37(9,10)11)17-25(7)26(34)8/h13-24H,1-12H3/q+1. The lowest BCUT2D eigenvalue weighted by atomic mass is 9.81. The normalized spacial score (nSPS) is 12.4. The van der Waals surface area contributed by atoms with E-state index in [-0.39, 0.29) is 5.41 Å². The average molecular weight is 507 g/mol. The van der Waals surface area contributed by atoms with Crippen LogP contribution in [0.4, 0.5) is 0 Å². The summed E-state index contributed by atoms with van der Waals surface area (Å²) in [6, 6.07) is 19.1. The molecular formula is C37H48N+. The van der Waals surface area contributed by atoms with Crippen molar-refractivity contribution < 1.29 is 4.57 Å². The molecule has 0 saturated heterocycles. The van der Waals surface area contributed by atoms with Crippen molar-refractivity contribution in [3.63, 3.8) is 0 Å². The zero-order valence-electron chi connectivity index (χ0n) is 25.9. The number of pyridine rings is 1. The van der Waals surface area contributed by atoms with Gasteiger partial charge < -0.3 is 0 Å². The molecule has 0 amide bonds. The Hall–Kier alpha value is -2.93. The SMILES string of the molecule is Cc1cc(C(C)(C)C)cc(-c2c3ccc(-c4c(C(C)C)cc(C(C)C)cc4C(C)C)cc3cc[n+]2C)c1C.